The van der Waals surface area contributed by atoms with E-state index in [4.69, 9.17) is 5.73 Å². The van der Waals surface area contributed by atoms with E-state index < -0.39 is 0 Å². The first-order valence-corrected chi connectivity index (χ1v) is 7.28. The number of hydrogen-bond acceptors (Lipinski definition) is 3. The van der Waals surface area contributed by atoms with Gasteiger partial charge < -0.3 is 11.1 Å². The molecule has 1 rings (SSSR count). The molecule has 100 valence electrons. The van der Waals surface area contributed by atoms with Gasteiger partial charge in [0.1, 0.15) is 0 Å². The lowest BCUT2D eigenvalue weighted by atomic mass is 10.1. The molecule has 0 saturated carbocycles. The SMILES string of the molecule is CCNC(C)c1ccc(SCC(C)C(N)=O)cc1. The quantitative estimate of drug-likeness (QED) is 0.746. The molecule has 0 aliphatic heterocycles. The summed E-state index contributed by atoms with van der Waals surface area (Å²) in [4.78, 5) is 12.1. The largest absolute Gasteiger partial charge is 0.369 e. The Labute approximate surface area is 114 Å². The maximum atomic E-state index is 10.9. The summed E-state index contributed by atoms with van der Waals surface area (Å²) < 4.78 is 0. The summed E-state index contributed by atoms with van der Waals surface area (Å²) in [6.45, 7) is 7.08. The summed E-state index contributed by atoms with van der Waals surface area (Å²) in [5.41, 5.74) is 6.52. The van der Waals surface area contributed by atoms with E-state index in [0.29, 0.717) is 6.04 Å². The van der Waals surface area contributed by atoms with E-state index in [9.17, 15) is 4.79 Å². The van der Waals surface area contributed by atoms with Crippen molar-refractivity contribution in [2.75, 3.05) is 12.3 Å². The standard InChI is InChI=1S/C14H22N2OS/c1-4-16-11(3)12-5-7-13(8-6-12)18-9-10(2)14(15)17/h5-8,10-11,16H,4,9H2,1-3H3,(H2,15,17). The van der Waals surface area contributed by atoms with Gasteiger partial charge in [-0.05, 0) is 31.2 Å². The first kappa shape index (κ1) is 15.1. The fourth-order valence-electron chi connectivity index (χ4n) is 1.58. The second-order valence-electron chi connectivity index (χ2n) is 4.46. The number of nitrogens with one attached hydrogen (secondary N) is 1. The van der Waals surface area contributed by atoms with Gasteiger partial charge in [-0.3, -0.25) is 4.79 Å². The van der Waals surface area contributed by atoms with Crippen LogP contribution in [0, 0.1) is 5.92 Å². The minimum atomic E-state index is -0.236. The van der Waals surface area contributed by atoms with Crippen molar-refractivity contribution in [2.45, 2.75) is 31.7 Å². The zero-order valence-corrected chi connectivity index (χ0v) is 12.1. The molecule has 18 heavy (non-hydrogen) atoms. The van der Waals surface area contributed by atoms with Crippen LogP contribution in [0.15, 0.2) is 29.2 Å². The van der Waals surface area contributed by atoms with Crippen LogP contribution in [-0.2, 0) is 4.79 Å². The van der Waals surface area contributed by atoms with Gasteiger partial charge >= 0.3 is 0 Å². The summed E-state index contributed by atoms with van der Waals surface area (Å²) in [6, 6.07) is 8.83. The fourth-order valence-corrected chi connectivity index (χ4v) is 2.52. The van der Waals surface area contributed by atoms with E-state index in [1.807, 2.05) is 6.92 Å². The van der Waals surface area contributed by atoms with Gasteiger partial charge in [0.15, 0.2) is 0 Å². The molecule has 3 N–H and O–H groups in total. The van der Waals surface area contributed by atoms with Crippen molar-refractivity contribution < 1.29 is 4.79 Å². The van der Waals surface area contributed by atoms with Gasteiger partial charge in [0.25, 0.3) is 0 Å². The van der Waals surface area contributed by atoms with E-state index in [2.05, 4.69) is 43.4 Å². The van der Waals surface area contributed by atoms with Crippen molar-refractivity contribution in [3.63, 3.8) is 0 Å². The Bertz CT molecular complexity index is 378. The minimum Gasteiger partial charge on any atom is -0.369 e. The second kappa shape index (κ2) is 7.44. The molecule has 1 aromatic carbocycles. The number of carbonyl (C=O) groups is 1. The smallest absolute Gasteiger partial charge is 0.221 e. The summed E-state index contributed by atoms with van der Waals surface area (Å²) in [7, 11) is 0. The van der Waals surface area contributed by atoms with E-state index in [1.54, 1.807) is 11.8 Å². The van der Waals surface area contributed by atoms with Crippen molar-refractivity contribution in [1.82, 2.24) is 5.32 Å². The monoisotopic (exact) mass is 266 g/mol. The van der Waals surface area contributed by atoms with Gasteiger partial charge in [0.2, 0.25) is 5.91 Å². The summed E-state index contributed by atoms with van der Waals surface area (Å²) in [5, 5.41) is 3.38. The Balaban J connectivity index is 2.52. The Morgan fingerprint density at radius 3 is 2.44 bits per heavy atom. The molecule has 2 unspecified atom stereocenters. The van der Waals surface area contributed by atoms with Gasteiger partial charge in [-0.2, -0.15) is 0 Å². The molecule has 3 nitrogen and oxygen atoms in total. The highest BCUT2D eigenvalue weighted by Gasteiger charge is 2.09. The molecular weight excluding hydrogens is 244 g/mol. The molecule has 0 aliphatic carbocycles. The van der Waals surface area contributed by atoms with Crippen molar-refractivity contribution in [3.05, 3.63) is 29.8 Å². The summed E-state index contributed by atoms with van der Waals surface area (Å²) >= 11 is 1.67. The van der Waals surface area contributed by atoms with Crippen LogP contribution in [-0.4, -0.2) is 18.2 Å². The molecule has 0 saturated heterocycles. The number of hydrogen-bond donors (Lipinski definition) is 2. The highest BCUT2D eigenvalue weighted by molar-refractivity contribution is 7.99. The number of rotatable bonds is 7. The normalized spacial score (nSPS) is 14.2. The van der Waals surface area contributed by atoms with Gasteiger partial charge in [0, 0.05) is 22.6 Å². The van der Waals surface area contributed by atoms with Crippen molar-refractivity contribution in [2.24, 2.45) is 11.7 Å². The third kappa shape index (κ3) is 4.70. The van der Waals surface area contributed by atoms with Crippen molar-refractivity contribution in [3.8, 4) is 0 Å². The molecule has 1 aromatic rings. The zero-order chi connectivity index (χ0) is 13.5. The number of primary amides is 1. The van der Waals surface area contributed by atoms with Crippen LogP contribution in [0.5, 0.6) is 0 Å². The molecule has 0 aromatic heterocycles. The lowest BCUT2D eigenvalue weighted by Crippen LogP contribution is -2.22. The maximum absolute atomic E-state index is 10.9. The molecule has 1 amide bonds. The summed E-state index contributed by atoms with van der Waals surface area (Å²) in [6.07, 6.45) is 0. The predicted octanol–water partition coefficient (Wildman–Crippen LogP) is 2.57. The topological polar surface area (TPSA) is 55.1 Å². The molecule has 0 fully saturated rings. The third-order valence-corrected chi connectivity index (χ3v) is 4.15. The Morgan fingerprint density at radius 1 is 1.33 bits per heavy atom. The van der Waals surface area contributed by atoms with Crippen LogP contribution in [0.3, 0.4) is 0 Å². The summed E-state index contributed by atoms with van der Waals surface area (Å²) in [5.74, 6) is 0.410. The van der Waals surface area contributed by atoms with Crippen LogP contribution in [0.25, 0.3) is 0 Å². The van der Waals surface area contributed by atoms with E-state index in [0.717, 1.165) is 12.3 Å². The average molecular weight is 266 g/mol. The van der Waals surface area contributed by atoms with Crippen LogP contribution in [0.2, 0.25) is 0 Å². The lowest BCUT2D eigenvalue weighted by molar-refractivity contribution is -0.120. The molecule has 0 spiro atoms. The highest BCUT2D eigenvalue weighted by Crippen LogP contribution is 2.22. The van der Waals surface area contributed by atoms with Gasteiger partial charge in [0.05, 0.1) is 0 Å². The number of benzene rings is 1. The molecule has 0 heterocycles. The van der Waals surface area contributed by atoms with Crippen molar-refractivity contribution >= 4 is 17.7 Å². The number of carbonyl (C=O) groups excluding carboxylic acids is 1. The zero-order valence-electron chi connectivity index (χ0n) is 11.3. The predicted molar refractivity (Wildman–Crippen MR) is 77.6 cm³/mol. The first-order chi connectivity index (χ1) is 8.54. The number of amides is 1. The Morgan fingerprint density at radius 2 is 1.94 bits per heavy atom. The van der Waals surface area contributed by atoms with Crippen molar-refractivity contribution in [1.29, 1.82) is 0 Å². The molecular formula is C14H22N2OS. The molecule has 4 heteroatoms. The lowest BCUT2D eigenvalue weighted by Gasteiger charge is -2.13. The molecule has 0 radical (unpaired) electrons. The van der Waals surface area contributed by atoms with Gasteiger partial charge in [-0.15, -0.1) is 11.8 Å². The van der Waals surface area contributed by atoms with Gasteiger partial charge in [-0.1, -0.05) is 26.0 Å². The molecule has 0 bridgehead atoms. The van der Waals surface area contributed by atoms with E-state index in [-0.39, 0.29) is 11.8 Å². The van der Waals surface area contributed by atoms with E-state index >= 15 is 0 Å². The van der Waals surface area contributed by atoms with Crippen LogP contribution >= 0.6 is 11.8 Å². The fraction of sp³-hybridized carbons (Fsp3) is 0.500. The number of nitrogens with two attached hydrogens (primary N) is 1. The van der Waals surface area contributed by atoms with E-state index in [1.165, 1.54) is 10.5 Å². The van der Waals surface area contributed by atoms with Crippen LogP contribution in [0.4, 0.5) is 0 Å². The minimum absolute atomic E-state index is 0.0876. The third-order valence-electron chi connectivity index (χ3n) is 2.88. The highest BCUT2D eigenvalue weighted by atomic mass is 32.2. The second-order valence-corrected chi connectivity index (χ2v) is 5.56. The first-order valence-electron chi connectivity index (χ1n) is 6.30. The van der Waals surface area contributed by atoms with Crippen LogP contribution < -0.4 is 11.1 Å². The average Bonchev–Trinajstić information content (AvgIpc) is 2.36. The molecule has 0 aliphatic rings. The molecule has 2 atom stereocenters. The maximum Gasteiger partial charge on any atom is 0.221 e. The number of thioether (sulfide) groups is 1. The Hall–Kier alpha value is -1.00. The Kier molecular flexibility index (Phi) is 6.22. The van der Waals surface area contributed by atoms with Gasteiger partial charge in [-0.25, -0.2) is 0 Å². The van der Waals surface area contributed by atoms with Crippen LogP contribution in [0.1, 0.15) is 32.4 Å².